The number of methoxy groups -OCH3 is 1. The first-order chi connectivity index (χ1) is 15.5. The van der Waals surface area contributed by atoms with Gasteiger partial charge in [-0.05, 0) is 43.2 Å². The number of aliphatic hydroxyl groups excluding tert-OH is 1. The number of carbonyl (C=O) groups is 2. The zero-order valence-electron chi connectivity index (χ0n) is 18.4. The van der Waals surface area contributed by atoms with E-state index in [4.69, 9.17) is 28.8 Å². The molecule has 3 aliphatic rings. The van der Waals surface area contributed by atoms with Crippen LogP contribution in [0.25, 0.3) is 0 Å². The molecule has 0 aromatic heterocycles. The van der Waals surface area contributed by atoms with Gasteiger partial charge in [-0.2, -0.15) is 0 Å². The normalized spacial score (nSPS) is 28.2. The van der Waals surface area contributed by atoms with Crippen molar-refractivity contribution in [3.63, 3.8) is 0 Å². The predicted molar refractivity (Wildman–Crippen MR) is 114 cm³/mol. The van der Waals surface area contributed by atoms with Crippen molar-refractivity contribution in [3.8, 4) is 5.75 Å². The Hall–Kier alpha value is -2.20. The standard InChI is InChI=1S/C22H31NO6.CH2O2/c1-26-22(25)17-5-2-3-6-19(17)29-20-12-16-14-23(13-15(16)11-18(20)24)8-7-21-27-9-4-10-28-21;2-1-3/h2-3,5-6,15-16,18,20-21,24H,4,7-14H2,1H3;1H,(H,2,3)/t15-,16+,18+,20+;/m0./s1. The van der Waals surface area contributed by atoms with Crippen molar-refractivity contribution in [2.45, 2.75) is 44.2 Å². The zero-order chi connectivity index (χ0) is 22.9. The minimum atomic E-state index is -0.535. The number of rotatable bonds is 6. The van der Waals surface area contributed by atoms with Crippen molar-refractivity contribution in [1.82, 2.24) is 4.90 Å². The number of carbonyl (C=O) groups excluding carboxylic acids is 1. The van der Waals surface area contributed by atoms with Crippen LogP contribution in [0.3, 0.4) is 0 Å². The molecule has 9 heteroatoms. The maximum Gasteiger partial charge on any atom is 0.341 e. The summed E-state index contributed by atoms with van der Waals surface area (Å²) in [5, 5.41) is 17.6. The predicted octanol–water partition coefficient (Wildman–Crippen LogP) is 1.78. The van der Waals surface area contributed by atoms with Gasteiger partial charge < -0.3 is 34.1 Å². The molecule has 0 radical (unpaired) electrons. The molecule has 2 saturated heterocycles. The molecule has 0 amide bonds. The summed E-state index contributed by atoms with van der Waals surface area (Å²) in [6.07, 6.45) is 2.44. The van der Waals surface area contributed by atoms with E-state index in [2.05, 4.69) is 4.90 Å². The maximum absolute atomic E-state index is 12.0. The lowest BCUT2D eigenvalue weighted by Gasteiger charge is -2.35. The van der Waals surface area contributed by atoms with Crippen LogP contribution in [0.15, 0.2) is 24.3 Å². The molecule has 1 aromatic carbocycles. The van der Waals surface area contributed by atoms with E-state index >= 15 is 0 Å². The Morgan fingerprint density at radius 1 is 1.19 bits per heavy atom. The van der Waals surface area contributed by atoms with Crippen LogP contribution >= 0.6 is 0 Å². The Kier molecular flexibility index (Phi) is 9.28. The molecule has 32 heavy (non-hydrogen) atoms. The number of fused-ring (bicyclic) bond motifs is 1. The quantitative estimate of drug-likeness (QED) is 0.493. The number of para-hydroxylation sites is 1. The number of hydrogen-bond donors (Lipinski definition) is 2. The van der Waals surface area contributed by atoms with Crippen molar-refractivity contribution in [2.75, 3.05) is 40.0 Å². The molecule has 0 spiro atoms. The number of carboxylic acid groups (broad SMARTS) is 1. The lowest BCUT2D eigenvalue weighted by atomic mass is 9.78. The Labute approximate surface area is 188 Å². The van der Waals surface area contributed by atoms with Crippen molar-refractivity contribution in [2.24, 2.45) is 11.8 Å². The molecule has 1 saturated carbocycles. The largest absolute Gasteiger partial charge is 0.487 e. The van der Waals surface area contributed by atoms with Crippen LogP contribution in [-0.2, 0) is 19.0 Å². The lowest BCUT2D eigenvalue weighted by Crippen LogP contribution is -2.42. The van der Waals surface area contributed by atoms with Crippen LogP contribution in [-0.4, -0.2) is 86.0 Å². The molecule has 0 bridgehead atoms. The van der Waals surface area contributed by atoms with Gasteiger partial charge in [0.05, 0.1) is 26.4 Å². The Balaban J connectivity index is 0.000000913. The molecule has 1 aromatic rings. The van der Waals surface area contributed by atoms with Gasteiger partial charge >= 0.3 is 5.97 Å². The van der Waals surface area contributed by atoms with E-state index in [1.54, 1.807) is 18.2 Å². The fraction of sp³-hybridized carbons (Fsp3) is 0.652. The van der Waals surface area contributed by atoms with E-state index < -0.39 is 12.1 Å². The van der Waals surface area contributed by atoms with Crippen LogP contribution < -0.4 is 4.74 Å². The smallest absolute Gasteiger partial charge is 0.341 e. The summed E-state index contributed by atoms with van der Waals surface area (Å²) in [4.78, 5) is 22.8. The molecule has 2 aliphatic heterocycles. The molecule has 4 rings (SSSR count). The third kappa shape index (κ3) is 6.41. The topological polar surface area (TPSA) is 115 Å². The number of esters is 1. The van der Waals surface area contributed by atoms with Gasteiger partial charge in [0, 0.05) is 26.1 Å². The summed E-state index contributed by atoms with van der Waals surface area (Å²) in [5.41, 5.74) is 0.393. The molecular formula is C23H33NO8. The van der Waals surface area contributed by atoms with Crippen molar-refractivity contribution in [3.05, 3.63) is 29.8 Å². The average Bonchev–Trinajstić information content (AvgIpc) is 3.20. The summed E-state index contributed by atoms with van der Waals surface area (Å²) < 4.78 is 22.3. The highest BCUT2D eigenvalue weighted by Gasteiger charge is 2.43. The molecular weight excluding hydrogens is 418 g/mol. The monoisotopic (exact) mass is 451 g/mol. The highest BCUT2D eigenvalue weighted by Crippen LogP contribution is 2.38. The minimum absolute atomic E-state index is 0.0807. The van der Waals surface area contributed by atoms with Gasteiger partial charge in [0.2, 0.25) is 0 Å². The molecule has 2 N–H and O–H groups in total. The highest BCUT2D eigenvalue weighted by molar-refractivity contribution is 5.92. The Morgan fingerprint density at radius 3 is 2.53 bits per heavy atom. The fourth-order valence-corrected chi connectivity index (χ4v) is 4.80. The molecule has 1 aliphatic carbocycles. The van der Waals surface area contributed by atoms with Crippen LogP contribution in [0.2, 0.25) is 0 Å². The first-order valence-corrected chi connectivity index (χ1v) is 11.1. The summed E-state index contributed by atoms with van der Waals surface area (Å²) in [5.74, 6) is 1.02. The SMILES string of the molecule is COC(=O)c1ccccc1O[C@@H]1C[C@@H]2CN(CCC3OCCCO3)C[C@@H]2C[C@H]1O.O=CO. The van der Waals surface area contributed by atoms with Crippen LogP contribution in [0.4, 0.5) is 0 Å². The van der Waals surface area contributed by atoms with Gasteiger partial charge in [0.25, 0.3) is 6.47 Å². The van der Waals surface area contributed by atoms with E-state index in [1.807, 2.05) is 6.07 Å². The van der Waals surface area contributed by atoms with Gasteiger partial charge in [-0.25, -0.2) is 4.79 Å². The van der Waals surface area contributed by atoms with Crippen molar-refractivity contribution >= 4 is 12.4 Å². The van der Waals surface area contributed by atoms with Crippen LogP contribution in [0, 0.1) is 11.8 Å². The number of hydrogen-bond acceptors (Lipinski definition) is 8. The number of ether oxygens (including phenoxy) is 4. The average molecular weight is 452 g/mol. The number of nitrogens with zero attached hydrogens (tertiary/aromatic N) is 1. The molecule has 9 nitrogen and oxygen atoms in total. The minimum Gasteiger partial charge on any atom is -0.487 e. The van der Waals surface area contributed by atoms with E-state index in [9.17, 15) is 9.90 Å². The van der Waals surface area contributed by atoms with E-state index in [0.717, 1.165) is 58.5 Å². The zero-order valence-corrected chi connectivity index (χ0v) is 18.4. The van der Waals surface area contributed by atoms with Crippen molar-refractivity contribution < 1.29 is 38.7 Å². The second kappa shape index (κ2) is 12.2. The van der Waals surface area contributed by atoms with Gasteiger partial charge in [0.1, 0.15) is 17.4 Å². The molecule has 2 heterocycles. The second-order valence-electron chi connectivity index (χ2n) is 8.38. The Morgan fingerprint density at radius 2 is 1.84 bits per heavy atom. The summed E-state index contributed by atoms with van der Waals surface area (Å²) >= 11 is 0. The number of aliphatic hydroxyl groups is 1. The molecule has 0 unspecified atom stereocenters. The lowest BCUT2D eigenvalue weighted by molar-refractivity contribution is -0.182. The number of likely N-dealkylation sites (tertiary alicyclic amines) is 1. The van der Waals surface area contributed by atoms with E-state index in [0.29, 0.717) is 23.1 Å². The third-order valence-corrected chi connectivity index (χ3v) is 6.31. The van der Waals surface area contributed by atoms with Gasteiger partial charge in [-0.3, -0.25) is 4.79 Å². The molecule has 4 atom stereocenters. The van der Waals surface area contributed by atoms with Crippen molar-refractivity contribution in [1.29, 1.82) is 0 Å². The second-order valence-corrected chi connectivity index (χ2v) is 8.38. The van der Waals surface area contributed by atoms with Crippen LogP contribution in [0.5, 0.6) is 5.75 Å². The summed E-state index contributed by atoms with van der Waals surface area (Å²) in [6.45, 7) is 4.27. The first-order valence-electron chi connectivity index (χ1n) is 11.1. The first kappa shape index (κ1) is 24.4. The highest BCUT2D eigenvalue weighted by atomic mass is 16.7. The van der Waals surface area contributed by atoms with Gasteiger partial charge in [-0.1, -0.05) is 12.1 Å². The van der Waals surface area contributed by atoms with E-state index in [1.165, 1.54) is 7.11 Å². The van der Waals surface area contributed by atoms with Crippen LogP contribution in [0.1, 0.15) is 36.0 Å². The third-order valence-electron chi connectivity index (χ3n) is 6.31. The summed E-state index contributed by atoms with van der Waals surface area (Å²) in [6, 6.07) is 7.05. The molecule has 178 valence electrons. The van der Waals surface area contributed by atoms with Gasteiger partial charge in [-0.15, -0.1) is 0 Å². The Bertz CT molecular complexity index is 738. The number of benzene rings is 1. The maximum atomic E-state index is 12.0. The molecule has 3 fully saturated rings. The fourth-order valence-electron chi connectivity index (χ4n) is 4.80. The summed E-state index contributed by atoms with van der Waals surface area (Å²) in [7, 11) is 1.36. The van der Waals surface area contributed by atoms with Gasteiger partial charge in [0.15, 0.2) is 6.29 Å². The van der Waals surface area contributed by atoms with E-state index in [-0.39, 0.29) is 18.9 Å².